The molecular weight excluding hydrogens is 396 g/mol. The van der Waals surface area contributed by atoms with Gasteiger partial charge in [-0.3, -0.25) is 4.98 Å². The third-order valence-electron chi connectivity index (χ3n) is 6.92. The van der Waals surface area contributed by atoms with Crippen molar-refractivity contribution in [3.05, 3.63) is 84.2 Å². The summed E-state index contributed by atoms with van der Waals surface area (Å²) < 4.78 is 5.41. The number of nitrogens with zero attached hydrogens (tertiary/aromatic N) is 3. The van der Waals surface area contributed by atoms with Crippen LogP contribution < -0.4 is 10.5 Å². The zero-order valence-electron chi connectivity index (χ0n) is 18.6. The normalized spacial score (nSPS) is 21.4. The van der Waals surface area contributed by atoms with Crippen LogP contribution in [0.5, 0.6) is 5.75 Å². The molecule has 2 aromatic carbocycles. The van der Waals surface area contributed by atoms with Crippen LogP contribution in [-0.4, -0.2) is 35.5 Å². The van der Waals surface area contributed by atoms with Crippen molar-refractivity contribution in [1.29, 1.82) is 0 Å². The molecule has 1 unspecified atom stereocenters. The molecule has 1 aliphatic carbocycles. The van der Waals surface area contributed by atoms with Crippen molar-refractivity contribution in [3.63, 3.8) is 0 Å². The van der Waals surface area contributed by atoms with Gasteiger partial charge in [0.05, 0.1) is 13.7 Å². The molecule has 5 rings (SSSR count). The molecule has 0 radical (unpaired) electrons. The van der Waals surface area contributed by atoms with Crippen LogP contribution in [-0.2, 0) is 5.54 Å². The number of ether oxygens (including phenoxy) is 1. The molecule has 0 saturated heterocycles. The minimum absolute atomic E-state index is 0.467. The first-order valence-corrected chi connectivity index (χ1v) is 11.5. The summed E-state index contributed by atoms with van der Waals surface area (Å²) in [6, 6.07) is 21.4. The van der Waals surface area contributed by atoms with Crippen molar-refractivity contribution in [2.45, 2.75) is 43.7 Å². The van der Waals surface area contributed by atoms with Crippen LogP contribution >= 0.6 is 0 Å². The smallest absolute Gasteiger partial charge is 0.192 e. The van der Waals surface area contributed by atoms with Gasteiger partial charge in [-0.15, -0.1) is 0 Å². The molecule has 1 aliphatic heterocycles. The van der Waals surface area contributed by atoms with Crippen molar-refractivity contribution in [2.75, 3.05) is 13.7 Å². The summed E-state index contributed by atoms with van der Waals surface area (Å²) in [7, 11) is 1.69. The van der Waals surface area contributed by atoms with Gasteiger partial charge in [0.2, 0.25) is 0 Å². The molecule has 2 N–H and O–H groups in total. The van der Waals surface area contributed by atoms with E-state index in [0.29, 0.717) is 12.0 Å². The zero-order chi connectivity index (χ0) is 22.0. The fourth-order valence-corrected chi connectivity index (χ4v) is 5.17. The first-order chi connectivity index (χ1) is 15.7. The van der Waals surface area contributed by atoms with Gasteiger partial charge in [0.25, 0.3) is 0 Å². The Hall–Kier alpha value is -3.34. The maximum absolute atomic E-state index is 6.61. The Morgan fingerprint density at radius 2 is 1.72 bits per heavy atom. The van der Waals surface area contributed by atoms with Crippen molar-refractivity contribution in [1.82, 2.24) is 9.88 Å². The number of methoxy groups -OCH3 is 1. The van der Waals surface area contributed by atoms with E-state index in [0.717, 1.165) is 34.5 Å². The van der Waals surface area contributed by atoms with E-state index < -0.39 is 5.54 Å². The van der Waals surface area contributed by atoms with Gasteiger partial charge < -0.3 is 15.4 Å². The molecule has 1 atom stereocenters. The van der Waals surface area contributed by atoms with E-state index in [1.807, 2.05) is 24.4 Å². The van der Waals surface area contributed by atoms with Crippen molar-refractivity contribution in [2.24, 2.45) is 10.7 Å². The third-order valence-corrected chi connectivity index (χ3v) is 6.92. The Bertz CT molecular complexity index is 1090. The Balaban J connectivity index is 1.60. The van der Waals surface area contributed by atoms with Crippen LogP contribution in [0.15, 0.2) is 78.0 Å². The number of benzene rings is 2. The molecule has 1 saturated carbocycles. The maximum Gasteiger partial charge on any atom is 0.192 e. The first-order valence-electron chi connectivity index (χ1n) is 11.5. The lowest BCUT2D eigenvalue weighted by Crippen LogP contribution is -2.45. The molecule has 0 bridgehead atoms. The highest BCUT2D eigenvalue weighted by molar-refractivity contribution is 5.82. The molecule has 32 heavy (non-hydrogen) atoms. The summed E-state index contributed by atoms with van der Waals surface area (Å²) >= 11 is 0. The molecule has 2 aliphatic rings. The Labute approximate surface area is 190 Å². The first kappa shape index (κ1) is 20.6. The van der Waals surface area contributed by atoms with Crippen molar-refractivity contribution >= 4 is 5.96 Å². The number of aliphatic imine (C=N–C) groups is 1. The molecule has 164 valence electrons. The van der Waals surface area contributed by atoms with Gasteiger partial charge in [0.15, 0.2) is 5.96 Å². The number of rotatable bonds is 5. The second-order valence-electron chi connectivity index (χ2n) is 8.80. The van der Waals surface area contributed by atoms with E-state index in [-0.39, 0.29) is 0 Å². The second-order valence-corrected chi connectivity index (χ2v) is 8.80. The van der Waals surface area contributed by atoms with E-state index in [1.54, 1.807) is 13.3 Å². The Morgan fingerprint density at radius 3 is 2.44 bits per heavy atom. The monoisotopic (exact) mass is 426 g/mol. The Morgan fingerprint density at radius 1 is 0.938 bits per heavy atom. The molecule has 1 fully saturated rings. The highest BCUT2D eigenvalue weighted by atomic mass is 16.5. The van der Waals surface area contributed by atoms with E-state index in [1.165, 1.54) is 32.1 Å². The van der Waals surface area contributed by atoms with Crippen LogP contribution in [0.3, 0.4) is 0 Å². The third kappa shape index (κ3) is 3.72. The van der Waals surface area contributed by atoms with Gasteiger partial charge >= 0.3 is 0 Å². The lowest BCUT2D eigenvalue weighted by Gasteiger charge is -2.35. The molecule has 1 aromatic heterocycles. The van der Waals surface area contributed by atoms with Crippen LogP contribution in [0, 0.1) is 0 Å². The van der Waals surface area contributed by atoms with E-state index >= 15 is 0 Å². The number of guanidine groups is 1. The summed E-state index contributed by atoms with van der Waals surface area (Å²) in [5.74, 6) is 1.49. The van der Waals surface area contributed by atoms with Gasteiger partial charge in [0.1, 0.15) is 11.3 Å². The fourth-order valence-electron chi connectivity index (χ4n) is 5.17. The highest BCUT2D eigenvalue weighted by Crippen LogP contribution is 2.42. The predicted molar refractivity (Wildman–Crippen MR) is 129 cm³/mol. The largest absolute Gasteiger partial charge is 0.497 e. The van der Waals surface area contributed by atoms with Crippen LogP contribution in [0.25, 0.3) is 11.1 Å². The number of hydrogen-bond donors (Lipinski definition) is 1. The van der Waals surface area contributed by atoms with Gasteiger partial charge in [-0.25, -0.2) is 4.99 Å². The predicted octanol–water partition coefficient (Wildman–Crippen LogP) is 4.96. The SMILES string of the molecule is COc1ccc(C2(c3cccc(-c4cccnc4)c3)CN(C3CCCCC3)C(N)=N2)cc1. The van der Waals surface area contributed by atoms with Crippen molar-refractivity contribution in [3.8, 4) is 16.9 Å². The summed E-state index contributed by atoms with van der Waals surface area (Å²) in [5, 5.41) is 0. The number of hydrogen-bond acceptors (Lipinski definition) is 5. The quantitative estimate of drug-likeness (QED) is 0.626. The average molecular weight is 427 g/mol. The fraction of sp³-hybridized carbons (Fsp3) is 0.333. The van der Waals surface area contributed by atoms with E-state index in [2.05, 4.69) is 52.3 Å². The molecule has 3 aromatic rings. The topological polar surface area (TPSA) is 63.7 Å². The molecule has 5 heteroatoms. The van der Waals surface area contributed by atoms with Gasteiger partial charge in [-0.05, 0) is 59.4 Å². The highest BCUT2D eigenvalue weighted by Gasteiger charge is 2.44. The summed E-state index contributed by atoms with van der Waals surface area (Å²) in [6.07, 6.45) is 9.92. The number of aromatic nitrogens is 1. The molecule has 2 heterocycles. The van der Waals surface area contributed by atoms with Crippen LogP contribution in [0.4, 0.5) is 0 Å². The minimum Gasteiger partial charge on any atom is -0.497 e. The van der Waals surface area contributed by atoms with E-state index in [9.17, 15) is 0 Å². The second kappa shape index (κ2) is 8.65. The molecular formula is C27H30N4O. The lowest BCUT2D eigenvalue weighted by atomic mass is 9.82. The van der Waals surface area contributed by atoms with Crippen molar-refractivity contribution < 1.29 is 4.74 Å². The minimum atomic E-state index is -0.550. The lowest BCUT2D eigenvalue weighted by molar-refractivity contribution is 0.234. The van der Waals surface area contributed by atoms with Gasteiger partial charge in [-0.1, -0.05) is 55.7 Å². The standard InChI is InChI=1S/C27H30N4O/c1-32-25-14-12-22(13-15-25)27(19-31(26(28)30-27)24-10-3-2-4-11-24)23-9-5-7-20(17-23)21-8-6-16-29-18-21/h5-9,12-18,24H,2-4,10-11,19H2,1H3,(H2,28,30). The molecule has 5 nitrogen and oxygen atoms in total. The molecule has 0 spiro atoms. The number of pyridine rings is 1. The Kier molecular flexibility index (Phi) is 5.56. The summed E-state index contributed by atoms with van der Waals surface area (Å²) in [4.78, 5) is 11.8. The average Bonchev–Trinajstić information content (AvgIpc) is 3.23. The van der Waals surface area contributed by atoms with Crippen LogP contribution in [0.1, 0.15) is 43.2 Å². The molecule has 0 amide bonds. The van der Waals surface area contributed by atoms with Gasteiger partial charge in [0, 0.05) is 18.4 Å². The summed E-state index contributed by atoms with van der Waals surface area (Å²) in [5.41, 5.74) is 10.6. The van der Waals surface area contributed by atoms with Crippen LogP contribution in [0.2, 0.25) is 0 Å². The van der Waals surface area contributed by atoms with Gasteiger partial charge in [-0.2, -0.15) is 0 Å². The van der Waals surface area contributed by atoms with E-state index in [4.69, 9.17) is 15.5 Å². The number of nitrogens with two attached hydrogens (primary N) is 1. The summed E-state index contributed by atoms with van der Waals surface area (Å²) in [6.45, 7) is 0.756. The zero-order valence-corrected chi connectivity index (χ0v) is 18.6. The maximum atomic E-state index is 6.61.